The summed E-state index contributed by atoms with van der Waals surface area (Å²) in [5, 5.41) is 9.39. The van der Waals surface area contributed by atoms with Crippen molar-refractivity contribution in [2.75, 3.05) is 20.3 Å². The Morgan fingerprint density at radius 1 is 1.15 bits per heavy atom. The van der Waals surface area contributed by atoms with Crippen LogP contribution < -0.4 is 4.74 Å². The molecule has 1 aromatic heterocycles. The molecule has 0 saturated heterocycles. The minimum atomic E-state index is -0.429. The minimum absolute atomic E-state index is 0.0613. The summed E-state index contributed by atoms with van der Waals surface area (Å²) >= 11 is 0. The molecule has 0 atom stereocenters. The summed E-state index contributed by atoms with van der Waals surface area (Å²) in [6.45, 7) is 3.69. The smallest absolute Gasteiger partial charge is 0.226 e. The highest BCUT2D eigenvalue weighted by molar-refractivity contribution is 5.56. The Morgan fingerprint density at radius 2 is 1.93 bits per heavy atom. The quantitative estimate of drug-likeness (QED) is 0.654. The number of hydrogen-bond acceptors (Lipinski definition) is 5. The molecule has 3 aromatic rings. The molecule has 6 heteroatoms. The van der Waals surface area contributed by atoms with Crippen LogP contribution in [0.3, 0.4) is 0 Å². The second-order valence-electron chi connectivity index (χ2n) is 6.29. The molecule has 1 N–H and O–H groups in total. The molecule has 2 aromatic carbocycles. The van der Waals surface area contributed by atoms with Gasteiger partial charge in [-0.05, 0) is 30.7 Å². The summed E-state index contributed by atoms with van der Waals surface area (Å²) < 4.78 is 24.4. The van der Waals surface area contributed by atoms with E-state index in [4.69, 9.17) is 9.15 Å². The molecule has 0 bridgehead atoms. The minimum Gasteiger partial charge on any atom is -0.494 e. The van der Waals surface area contributed by atoms with Crippen LogP contribution in [0.5, 0.6) is 5.75 Å². The Hall–Kier alpha value is -2.70. The van der Waals surface area contributed by atoms with Crippen molar-refractivity contribution in [3.8, 4) is 17.2 Å². The molecule has 142 valence electrons. The van der Waals surface area contributed by atoms with Crippen LogP contribution >= 0.6 is 0 Å². The van der Waals surface area contributed by atoms with Crippen molar-refractivity contribution in [2.45, 2.75) is 20.0 Å². The summed E-state index contributed by atoms with van der Waals surface area (Å²) in [6, 6.07) is 14.6. The highest BCUT2D eigenvalue weighted by Crippen LogP contribution is 2.27. The summed E-state index contributed by atoms with van der Waals surface area (Å²) in [5.41, 5.74) is 2.60. The molecule has 0 radical (unpaired) electrons. The van der Waals surface area contributed by atoms with Crippen LogP contribution in [-0.4, -0.2) is 35.3 Å². The number of aliphatic hydroxyl groups is 1. The average molecular weight is 370 g/mol. The van der Waals surface area contributed by atoms with Crippen molar-refractivity contribution >= 4 is 0 Å². The van der Waals surface area contributed by atoms with E-state index in [1.807, 2.05) is 25.1 Å². The normalized spacial score (nSPS) is 11.1. The summed E-state index contributed by atoms with van der Waals surface area (Å²) in [4.78, 5) is 6.69. The second-order valence-corrected chi connectivity index (χ2v) is 6.29. The zero-order valence-electron chi connectivity index (χ0n) is 15.5. The number of aryl methyl sites for hydroxylation is 1. The third-order valence-corrected chi connectivity index (χ3v) is 4.33. The van der Waals surface area contributed by atoms with Crippen molar-refractivity contribution in [2.24, 2.45) is 0 Å². The van der Waals surface area contributed by atoms with Gasteiger partial charge in [-0.25, -0.2) is 9.37 Å². The monoisotopic (exact) mass is 370 g/mol. The first kappa shape index (κ1) is 19.1. The standard InChI is InChI=1S/C21H23FN2O3/c1-15-19(14-24(10-11-25)13-16-6-4-3-5-7-16)23-21(27-15)17-8-9-18(22)20(12-17)26-2/h3-9,12,25H,10-11,13-14H2,1-2H3. The van der Waals surface area contributed by atoms with E-state index in [9.17, 15) is 9.50 Å². The number of benzene rings is 2. The van der Waals surface area contributed by atoms with Crippen molar-refractivity contribution in [3.63, 3.8) is 0 Å². The number of rotatable bonds is 8. The van der Waals surface area contributed by atoms with Gasteiger partial charge in [-0.15, -0.1) is 0 Å². The molecule has 0 aliphatic rings. The number of methoxy groups -OCH3 is 1. The van der Waals surface area contributed by atoms with Gasteiger partial charge in [-0.1, -0.05) is 30.3 Å². The van der Waals surface area contributed by atoms with E-state index in [-0.39, 0.29) is 12.4 Å². The lowest BCUT2D eigenvalue weighted by Gasteiger charge is -2.20. The van der Waals surface area contributed by atoms with E-state index < -0.39 is 5.82 Å². The molecule has 27 heavy (non-hydrogen) atoms. The lowest BCUT2D eigenvalue weighted by molar-refractivity contribution is 0.182. The second kappa shape index (κ2) is 8.79. The third kappa shape index (κ3) is 4.72. The molecule has 0 saturated carbocycles. The van der Waals surface area contributed by atoms with Gasteiger partial charge in [-0.3, -0.25) is 4.90 Å². The van der Waals surface area contributed by atoms with Crippen molar-refractivity contribution < 1.29 is 18.7 Å². The molecule has 5 nitrogen and oxygen atoms in total. The van der Waals surface area contributed by atoms with Gasteiger partial charge in [0.25, 0.3) is 0 Å². The number of aromatic nitrogens is 1. The van der Waals surface area contributed by atoms with Crippen LogP contribution in [0.25, 0.3) is 11.5 Å². The average Bonchev–Trinajstić information content (AvgIpc) is 3.03. The Labute approximate surface area is 158 Å². The van der Waals surface area contributed by atoms with Crippen molar-refractivity contribution in [1.29, 1.82) is 0 Å². The van der Waals surface area contributed by atoms with Crippen LogP contribution in [-0.2, 0) is 13.1 Å². The van der Waals surface area contributed by atoms with E-state index in [1.54, 1.807) is 12.1 Å². The lowest BCUT2D eigenvalue weighted by Crippen LogP contribution is -2.26. The molecule has 0 spiro atoms. The highest BCUT2D eigenvalue weighted by atomic mass is 19.1. The number of nitrogens with zero attached hydrogens (tertiary/aromatic N) is 2. The van der Waals surface area contributed by atoms with Gasteiger partial charge >= 0.3 is 0 Å². The fourth-order valence-corrected chi connectivity index (χ4v) is 2.90. The number of ether oxygens (including phenoxy) is 1. The number of halogens is 1. The molecule has 0 aliphatic heterocycles. The molecule has 0 aliphatic carbocycles. The number of oxazole rings is 1. The largest absolute Gasteiger partial charge is 0.494 e. The zero-order chi connectivity index (χ0) is 19.2. The predicted molar refractivity (Wildman–Crippen MR) is 101 cm³/mol. The molecule has 1 heterocycles. The van der Waals surface area contributed by atoms with Crippen LogP contribution in [0.1, 0.15) is 17.0 Å². The molecule has 3 rings (SSSR count). The zero-order valence-corrected chi connectivity index (χ0v) is 15.5. The molecule has 0 unspecified atom stereocenters. The molecular weight excluding hydrogens is 347 g/mol. The molecule has 0 fully saturated rings. The third-order valence-electron chi connectivity index (χ3n) is 4.33. The van der Waals surface area contributed by atoms with Crippen molar-refractivity contribution in [1.82, 2.24) is 9.88 Å². The van der Waals surface area contributed by atoms with Gasteiger partial charge in [0.2, 0.25) is 5.89 Å². The topological polar surface area (TPSA) is 58.7 Å². The number of hydrogen-bond donors (Lipinski definition) is 1. The number of aliphatic hydroxyl groups excluding tert-OH is 1. The first-order valence-electron chi connectivity index (χ1n) is 8.78. The van der Waals surface area contributed by atoms with Crippen LogP contribution in [0.4, 0.5) is 4.39 Å². The van der Waals surface area contributed by atoms with E-state index in [1.165, 1.54) is 13.2 Å². The summed E-state index contributed by atoms with van der Waals surface area (Å²) in [6.07, 6.45) is 0. The SMILES string of the molecule is COc1cc(-c2nc(CN(CCO)Cc3ccccc3)c(C)o2)ccc1F. The Balaban J connectivity index is 1.80. The van der Waals surface area contributed by atoms with E-state index >= 15 is 0 Å². The van der Waals surface area contributed by atoms with Crippen LogP contribution in [0, 0.1) is 12.7 Å². The van der Waals surface area contributed by atoms with Crippen LogP contribution in [0.2, 0.25) is 0 Å². The van der Waals surface area contributed by atoms with Gasteiger partial charge in [0.05, 0.1) is 19.4 Å². The summed E-state index contributed by atoms with van der Waals surface area (Å²) in [7, 11) is 1.42. The van der Waals surface area contributed by atoms with E-state index in [0.29, 0.717) is 36.8 Å². The predicted octanol–water partition coefficient (Wildman–Crippen LogP) is 3.79. The van der Waals surface area contributed by atoms with E-state index in [2.05, 4.69) is 22.0 Å². The Kier molecular flexibility index (Phi) is 6.21. The van der Waals surface area contributed by atoms with Gasteiger partial charge in [0, 0.05) is 25.2 Å². The highest BCUT2D eigenvalue weighted by Gasteiger charge is 2.16. The first-order chi connectivity index (χ1) is 13.1. The van der Waals surface area contributed by atoms with Crippen LogP contribution in [0.15, 0.2) is 52.9 Å². The fraction of sp³-hybridized carbons (Fsp3) is 0.286. The van der Waals surface area contributed by atoms with E-state index in [0.717, 1.165) is 11.3 Å². The van der Waals surface area contributed by atoms with Gasteiger partial charge in [-0.2, -0.15) is 0 Å². The Morgan fingerprint density at radius 3 is 2.63 bits per heavy atom. The Bertz CT molecular complexity index is 880. The maximum atomic E-state index is 13.6. The molecule has 0 amide bonds. The fourth-order valence-electron chi connectivity index (χ4n) is 2.90. The maximum Gasteiger partial charge on any atom is 0.226 e. The van der Waals surface area contributed by atoms with Gasteiger partial charge in [0.15, 0.2) is 11.6 Å². The lowest BCUT2D eigenvalue weighted by atomic mass is 10.2. The van der Waals surface area contributed by atoms with Gasteiger partial charge in [0.1, 0.15) is 5.76 Å². The summed E-state index contributed by atoms with van der Waals surface area (Å²) in [5.74, 6) is 0.839. The van der Waals surface area contributed by atoms with Crippen molar-refractivity contribution in [3.05, 3.63) is 71.4 Å². The maximum absolute atomic E-state index is 13.6. The van der Waals surface area contributed by atoms with Gasteiger partial charge < -0.3 is 14.3 Å². The molecular formula is C21H23FN2O3. The first-order valence-corrected chi connectivity index (χ1v) is 8.78.